The molecule has 3 N–H and O–H groups in total. The van der Waals surface area contributed by atoms with Crippen molar-refractivity contribution in [2.75, 3.05) is 13.2 Å². The summed E-state index contributed by atoms with van der Waals surface area (Å²) in [4.78, 5) is 24.5. The van der Waals surface area contributed by atoms with Gasteiger partial charge in [-0.05, 0) is 89.9 Å². The Kier molecular flexibility index (Phi) is 63.5. The van der Waals surface area contributed by atoms with Gasteiger partial charge in [-0.2, -0.15) is 0 Å². The van der Waals surface area contributed by atoms with Crippen molar-refractivity contribution < 1.29 is 24.5 Å². The molecule has 0 aliphatic heterocycles. The Labute approximate surface area is 474 Å². The molecule has 0 spiro atoms. The van der Waals surface area contributed by atoms with Crippen LogP contribution in [0.2, 0.25) is 0 Å². The van der Waals surface area contributed by atoms with Crippen LogP contribution in [0, 0.1) is 0 Å². The van der Waals surface area contributed by atoms with Crippen molar-refractivity contribution in [2.24, 2.45) is 0 Å². The molecule has 0 radical (unpaired) electrons. The number of rotatable bonds is 63. The van der Waals surface area contributed by atoms with Gasteiger partial charge in [0, 0.05) is 12.8 Å². The molecule has 0 fully saturated rings. The van der Waals surface area contributed by atoms with Crippen LogP contribution in [0.3, 0.4) is 0 Å². The zero-order chi connectivity index (χ0) is 55.0. The topological polar surface area (TPSA) is 95.9 Å². The van der Waals surface area contributed by atoms with Crippen LogP contribution in [-0.2, 0) is 14.3 Å². The highest BCUT2D eigenvalue weighted by Gasteiger charge is 2.18. The second-order valence-electron chi connectivity index (χ2n) is 23.1. The first-order valence-electron chi connectivity index (χ1n) is 33.9. The zero-order valence-electron chi connectivity index (χ0n) is 51.0. The van der Waals surface area contributed by atoms with E-state index in [-0.39, 0.29) is 18.5 Å². The Morgan fingerprint density at radius 2 is 0.658 bits per heavy atom. The van der Waals surface area contributed by atoms with Gasteiger partial charge in [-0.3, -0.25) is 9.59 Å². The molecule has 1 amide bonds. The van der Waals surface area contributed by atoms with Crippen molar-refractivity contribution in [3.05, 3.63) is 48.6 Å². The van der Waals surface area contributed by atoms with Crippen molar-refractivity contribution in [3.63, 3.8) is 0 Å². The van der Waals surface area contributed by atoms with E-state index in [0.29, 0.717) is 19.4 Å². The van der Waals surface area contributed by atoms with Gasteiger partial charge in [-0.15, -0.1) is 0 Å². The Morgan fingerprint density at radius 1 is 0.368 bits per heavy atom. The number of ether oxygens (including phenoxy) is 1. The minimum atomic E-state index is -0.841. The summed E-state index contributed by atoms with van der Waals surface area (Å²) >= 11 is 0. The van der Waals surface area contributed by atoms with Crippen LogP contribution >= 0.6 is 0 Å². The lowest BCUT2D eigenvalue weighted by Crippen LogP contribution is -2.45. The first kappa shape index (κ1) is 73.8. The molecule has 2 atom stereocenters. The molecule has 0 aromatic heterocycles. The molecule has 2 unspecified atom stereocenters. The summed E-state index contributed by atoms with van der Waals surface area (Å²) in [6, 6.07) is -0.624. The van der Waals surface area contributed by atoms with Crippen molar-refractivity contribution in [1.82, 2.24) is 5.32 Å². The summed E-state index contributed by atoms with van der Waals surface area (Å²) in [5.74, 6) is -0.0566. The van der Waals surface area contributed by atoms with Gasteiger partial charge >= 0.3 is 5.97 Å². The third kappa shape index (κ3) is 61.0. The fraction of sp³-hybridized carbons (Fsp3) is 0.857. The van der Waals surface area contributed by atoms with Crippen molar-refractivity contribution >= 4 is 11.9 Å². The van der Waals surface area contributed by atoms with Gasteiger partial charge in [0.2, 0.25) is 5.91 Å². The van der Waals surface area contributed by atoms with Crippen molar-refractivity contribution in [1.29, 1.82) is 0 Å². The van der Waals surface area contributed by atoms with Gasteiger partial charge in [-0.1, -0.05) is 306 Å². The van der Waals surface area contributed by atoms with Crippen LogP contribution in [0.25, 0.3) is 0 Å². The number of hydrogen-bond donors (Lipinski definition) is 3. The van der Waals surface area contributed by atoms with Gasteiger partial charge in [0.25, 0.3) is 0 Å². The predicted molar refractivity (Wildman–Crippen MR) is 333 cm³/mol. The van der Waals surface area contributed by atoms with Crippen LogP contribution in [0.15, 0.2) is 48.6 Å². The number of esters is 1. The molecule has 0 aliphatic carbocycles. The highest BCUT2D eigenvalue weighted by atomic mass is 16.5. The Bertz CT molecular complexity index is 1270. The molecule has 6 heteroatoms. The van der Waals surface area contributed by atoms with E-state index in [4.69, 9.17) is 4.74 Å². The third-order valence-electron chi connectivity index (χ3n) is 15.6. The van der Waals surface area contributed by atoms with E-state index in [2.05, 4.69) is 55.6 Å². The smallest absolute Gasteiger partial charge is 0.305 e. The highest BCUT2D eigenvalue weighted by molar-refractivity contribution is 5.76. The van der Waals surface area contributed by atoms with Crippen molar-refractivity contribution in [2.45, 2.75) is 373 Å². The van der Waals surface area contributed by atoms with Crippen molar-refractivity contribution in [3.8, 4) is 0 Å². The maximum atomic E-state index is 12.4. The quantitative estimate of drug-likeness (QED) is 0.0320. The number of unbranched alkanes of at least 4 members (excludes halogenated alkanes) is 46. The van der Waals surface area contributed by atoms with Gasteiger partial charge in [0.15, 0.2) is 0 Å². The van der Waals surface area contributed by atoms with Gasteiger partial charge in [0.05, 0.1) is 25.4 Å². The largest absolute Gasteiger partial charge is 0.466 e. The molecular weight excluding hydrogens is 935 g/mol. The molecule has 446 valence electrons. The van der Waals surface area contributed by atoms with E-state index in [1.807, 2.05) is 6.08 Å². The summed E-state index contributed by atoms with van der Waals surface area (Å²) in [6.07, 6.45) is 84.8. The van der Waals surface area contributed by atoms with Crippen LogP contribution < -0.4 is 5.32 Å². The Balaban J connectivity index is 3.34. The lowest BCUT2D eigenvalue weighted by atomic mass is 10.0. The summed E-state index contributed by atoms with van der Waals surface area (Å²) < 4.78 is 5.50. The van der Waals surface area contributed by atoms with Crippen LogP contribution in [-0.4, -0.2) is 47.4 Å². The number of amides is 1. The second-order valence-corrected chi connectivity index (χ2v) is 23.1. The number of aliphatic hydroxyl groups excluding tert-OH is 2. The number of hydrogen-bond acceptors (Lipinski definition) is 5. The van der Waals surface area contributed by atoms with E-state index in [0.717, 1.165) is 51.4 Å². The molecule has 0 aliphatic rings. The average molecular weight is 1070 g/mol. The molecule has 76 heavy (non-hydrogen) atoms. The molecule has 0 saturated carbocycles. The lowest BCUT2D eigenvalue weighted by Gasteiger charge is -2.20. The normalized spacial score (nSPS) is 12.8. The van der Waals surface area contributed by atoms with E-state index in [1.165, 1.54) is 283 Å². The van der Waals surface area contributed by atoms with E-state index in [1.54, 1.807) is 6.08 Å². The number of allylic oxidation sites excluding steroid dienone is 7. The van der Waals surface area contributed by atoms with Crippen LogP contribution in [0.5, 0.6) is 0 Å². The lowest BCUT2D eigenvalue weighted by molar-refractivity contribution is -0.143. The highest BCUT2D eigenvalue weighted by Crippen LogP contribution is 2.18. The molecule has 0 saturated heterocycles. The van der Waals surface area contributed by atoms with E-state index < -0.39 is 12.1 Å². The molecule has 0 aromatic rings. The second kappa shape index (κ2) is 65.3. The summed E-state index contributed by atoms with van der Waals surface area (Å²) in [5, 5.41) is 23.0. The molecule has 0 bridgehead atoms. The summed E-state index contributed by atoms with van der Waals surface area (Å²) in [7, 11) is 0. The monoisotopic (exact) mass is 1070 g/mol. The van der Waals surface area contributed by atoms with Crippen LogP contribution in [0.1, 0.15) is 361 Å². The number of carbonyl (C=O) groups is 2. The number of aliphatic hydroxyl groups is 2. The third-order valence-corrected chi connectivity index (χ3v) is 15.6. The minimum absolute atomic E-state index is 0.01000. The first-order chi connectivity index (χ1) is 37.5. The van der Waals surface area contributed by atoms with Gasteiger partial charge in [-0.25, -0.2) is 0 Å². The molecule has 6 nitrogen and oxygen atoms in total. The van der Waals surface area contributed by atoms with E-state index >= 15 is 0 Å². The van der Waals surface area contributed by atoms with Crippen LogP contribution in [0.4, 0.5) is 0 Å². The molecule has 0 aromatic carbocycles. The molecule has 0 rings (SSSR count). The maximum Gasteiger partial charge on any atom is 0.305 e. The standard InChI is InChI=1S/C70H131NO5/c1-3-5-7-9-11-13-15-16-17-34-38-41-44-48-52-56-60-64-70(75)76-65-61-57-53-49-45-42-39-36-33-31-29-27-25-23-21-19-18-20-22-24-26-28-30-32-35-37-40-43-47-51-55-59-63-69(74)71-67(66-72)68(73)62-58-54-50-46-14-12-10-8-6-4-2/h11,13,16-17,21,23,58,62,67-68,72-73H,3-10,12,14-15,18-20,22,24-57,59-61,63-66H2,1-2H3,(H,71,74)/b13-11-,17-16-,23-21-,62-58+. The fourth-order valence-corrected chi connectivity index (χ4v) is 10.4. The Hall–Kier alpha value is -2.18. The SMILES string of the molecule is CCCCC/C=C\C/C=C\CCCCCCCCCC(=O)OCCCCCCCCCCCCCC/C=C\CCCCCCCCCCCCCCCCCCC(=O)NC(CO)C(O)/C=C/CCCCCCCCCC. The minimum Gasteiger partial charge on any atom is -0.466 e. The molecular formula is C70H131NO5. The van der Waals surface area contributed by atoms with Gasteiger partial charge in [0.1, 0.15) is 0 Å². The van der Waals surface area contributed by atoms with E-state index in [9.17, 15) is 19.8 Å². The number of nitrogens with one attached hydrogen (secondary N) is 1. The molecule has 0 heterocycles. The zero-order valence-corrected chi connectivity index (χ0v) is 51.0. The number of carbonyl (C=O) groups excluding carboxylic acids is 2. The summed E-state index contributed by atoms with van der Waals surface area (Å²) in [5.41, 5.74) is 0. The maximum absolute atomic E-state index is 12.4. The predicted octanol–water partition coefficient (Wildman–Crippen LogP) is 21.7. The summed E-state index contributed by atoms with van der Waals surface area (Å²) in [6.45, 7) is 4.87. The first-order valence-corrected chi connectivity index (χ1v) is 33.9. The fourth-order valence-electron chi connectivity index (χ4n) is 10.4. The Morgan fingerprint density at radius 3 is 1.04 bits per heavy atom. The average Bonchev–Trinajstić information content (AvgIpc) is 3.42. The van der Waals surface area contributed by atoms with Gasteiger partial charge < -0.3 is 20.3 Å².